The van der Waals surface area contributed by atoms with Crippen LogP contribution in [-0.2, 0) is 13.6 Å². The highest BCUT2D eigenvalue weighted by molar-refractivity contribution is 7.14. The van der Waals surface area contributed by atoms with Gasteiger partial charge in [-0.25, -0.2) is 14.2 Å². The number of aryl methyl sites for hydroxylation is 1. The molecule has 3 rings (SSSR count). The Morgan fingerprint density at radius 1 is 1.43 bits per heavy atom. The van der Waals surface area contributed by atoms with E-state index in [0.717, 1.165) is 10.5 Å². The average molecular weight is 304 g/mol. The first kappa shape index (κ1) is 13.6. The van der Waals surface area contributed by atoms with Crippen molar-refractivity contribution >= 4 is 33.4 Å². The number of imidazole rings is 1. The first-order valence-corrected chi connectivity index (χ1v) is 7.20. The van der Waals surface area contributed by atoms with Crippen molar-refractivity contribution in [3.05, 3.63) is 47.4 Å². The molecule has 5 nitrogen and oxygen atoms in total. The molecule has 7 heteroatoms. The molecule has 0 radical (unpaired) electrons. The Balaban J connectivity index is 1.70. The van der Waals surface area contributed by atoms with Gasteiger partial charge in [0, 0.05) is 13.1 Å². The number of aromatic nitrogens is 2. The van der Waals surface area contributed by atoms with Gasteiger partial charge in [0.1, 0.15) is 11.6 Å². The fourth-order valence-electron chi connectivity index (χ4n) is 2.05. The molecular weight excluding hydrogens is 291 g/mol. The first-order chi connectivity index (χ1) is 10.1. The van der Waals surface area contributed by atoms with Crippen molar-refractivity contribution in [2.24, 2.45) is 7.05 Å². The number of rotatable bonds is 3. The van der Waals surface area contributed by atoms with Crippen molar-refractivity contribution in [2.75, 3.05) is 5.32 Å². The van der Waals surface area contributed by atoms with Crippen LogP contribution in [0.15, 0.2) is 35.7 Å². The fourth-order valence-corrected chi connectivity index (χ4v) is 2.66. The standard InChI is InChI=1S/C14H13FN4OS/c1-19-11-5-4-9(15)7-10(11)17-12(19)8-16-14(20)18-13-3-2-6-21-13/h2-7H,8H2,1H3,(H2,16,18,20). The molecule has 0 aliphatic rings. The van der Waals surface area contributed by atoms with Gasteiger partial charge in [0.2, 0.25) is 0 Å². The van der Waals surface area contributed by atoms with E-state index >= 15 is 0 Å². The lowest BCUT2D eigenvalue weighted by molar-refractivity contribution is 0.251. The molecule has 2 heterocycles. The Kier molecular flexibility index (Phi) is 3.57. The average Bonchev–Trinajstić information content (AvgIpc) is 3.05. The molecule has 0 saturated heterocycles. The lowest BCUT2D eigenvalue weighted by Crippen LogP contribution is -2.28. The Hall–Kier alpha value is -2.41. The van der Waals surface area contributed by atoms with E-state index in [2.05, 4.69) is 15.6 Å². The number of thiophene rings is 1. The van der Waals surface area contributed by atoms with E-state index < -0.39 is 0 Å². The normalized spacial score (nSPS) is 10.8. The summed E-state index contributed by atoms with van der Waals surface area (Å²) in [7, 11) is 1.83. The van der Waals surface area contributed by atoms with Crippen molar-refractivity contribution in [2.45, 2.75) is 6.54 Å². The molecule has 0 bridgehead atoms. The first-order valence-electron chi connectivity index (χ1n) is 6.33. The molecule has 0 saturated carbocycles. The number of nitrogens with one attached hydrogen (secondary N) is 2. The van der Waals surface area contributed by atoms with Gasteiger partial charge in [0.15, 0.2) is 0 Å². The van der Waals surface area contributed by atoms with Crippen LogP contribution >= 0.6 is 11.3 Å². The summed E-state index contributed by atoms with van der Waals surface area (Å²) >= 11 is 1.45. The number of urea groups is 1. The second kappa shape index (κ2) is 5.53. The minimum atomic E-state index is -0.324. The Labute approximate surface area is 124 Å². The summed E-state index contributed by atoms with van der Waals surface area (Å²) in [5.41, 5.74) is 1.40. The molecule has 1 aromatic carbocycles. The summed E-state index contributed by atoms with van der Waals surface area (Å²) in [6.45, 7) is 0.268. The molecular formula is C14H13FN4OS. The summed E-state index contributed by atoms with van der Waals surface area (Å²) in [4.78, 5) is 16.1. The summed E-state index contributed by atoms with van der Waals surface area (Å²) in [5.74, 6) is 0.340. The van der Waals surface area contributed by atoms with Gasteiger partial charge in [-0.1, -0.05) is 0 Å². The van der Waals surface area contributed by atoms with Crippen LogP contribution < -0.4 is 10.6 Å². The maximum Gasteiger partial charge on any atom is 0.320 e. The summed E-state index contributed by atoms with van der Waals surface area (Å²) in [6, 6.07) is 7.83. The molecule has 108 valence electrons. The molecule has 0 aliphatic heterocycles. The van der Waals surface area contributed by atoms with Crippen LogP contribution in [0.25, 0.3) is 11.0 Å². The Morgan fingerprint density at radius 2 is 2.29 bits per heavy atom. The Bertz CT molecular complexity index is 782. The summed E-state index contributed by atoms with van der Waals surface area (Å²) in [6.07, 6.45) is 0. The maximum atomic E-state index is 13.2. The van der Waals surface area contributed by atoms with Gasteiger partial charge in [-0.15, -0.1) is 11.3 Å². The monoisotopic (exact) mass is 304 g/mol. The Morgan fingerprint density at radius 3 is 3.05 bits per heavy atom. The minimum absolute atomic E-state index is 0.268. The highest BCUT2D eigenvalue weighted by Gasteiger charge is 2.10. The summed E-state index contributed by atoms with van der Waals surface area (Å²) in [5, 5.41) is 8.12. The number of nitrogens with zero attached hydrogens (tertiary/aromatic N) is 2. The smallest absolute Gasteiger partial charge is 0.320 e. The SMILES string of the molecule is Cn1c(CNC(=O)Nc2cccs2)nc2cc(F)ccc21. The number of hydrogen-bond acceptors (Lipinski definition) is 3. The fraction of sp³-hybridized carbons (Fsp3) is 0.143. The van der Waals surface area contributed by atoms with Crippen LogP contribution in [0.2, 0.25) is 0 Å². The molecule has 0 aliphatic carbocycles. The van der Waals surface area contributed by atoms with Crippen LogP contribution in [0.3, 0.4) is 0 Å². The van der Waals surface area contributed by atoms with Gasteiger partial charge in [-0.3, -0.25) is 5.32 Å². The molecule has 0 fully saturated rings. The number of carbonyl (C=O) groups is 1. The van der Waals surface area contributed by atoms with Crippen LogP contribution in [0.4, 0.5) is 14.2 Å². The van der Waals surface area contributed by atoms with Crippen LogP contribution in [0, 0.1) is 5.82 Å². The minimum Gasteiger partial charge on any atom is -0.331 e. The van der Waals surface area contributed by atoms with Gasteiger partial charge < -0.3 is 9.88 Å². The number of fused-ring (bicyclic) bond motifs is 1. The van der Waals surface area contributed by atoms with Crippen molar-refractivity contribution in [1.29, 1.82) is 0 Å². The number of hydrogen-bond donors (Lipinski definition) is 2. The quantitative estimate of drug-likeness (QED) is 0.781. The van der Waals surface area contributed by atoms with Crippen molar-refractivity contribution in [3.63, 3.8) is 0 Å². The second-order valence-corrected chi connectivity index (χ2v) is 5.45. The van der Waals surface area contributed by atoms with E-state index in [4.69, 9.17) is 0 Å². The van der Waals surface area contributed by atoms with Crippen molar-refractivity contribution in [3.8, 4) is 0 Å². The third-order valence-corrected chi connectivity index (χ3v) is 3.89. The highest BCUT2D eigenvalue weighted by Crippen LogP contribution is 2.16. The molecule has 0 spiro atoms. The number of carbonyl (C=O) groups excluding carboxylic acids is 1. The third-order valence-electron chi connectivity index (χ3n) is 3.10. The lowest BCUT2D eigenvalue weighted by Gasteiger charge is -2.06. The second-order valence-electron chi connectivity index (χ2n) is 4.51. The summed E-state index contributed by atoms with van der Waals surface area (Å²) < 4.78 is 15.0. The number of anilines is 1. The third kappa shape index (κ3) is 2.87. The predicted octanol–water partition coefficient (Wildman–Crippen LogP) is 3.10. The number of benzene rings is 1. The maximum absolute atomic E-state index is 13.2. The van der Waals surface area contributed by atoms with Crippen molar-refractivity contribution < 1.29 is 9.18 Å². The zero-order valence-corrected chi connectivity index (χ0v) is 12.1. The molecule has 2 amide bonds. The van der Waals surface area contributed by atoms with Gasteiger partial charge >= 0.3 is 6.03 Å². The van der Waals surface area contributed by atoms with E-state index in [-0.39, 0.29) is 18.4 Å². The van der Waals surface area contributed by atoms with Crippen molar-refractivity contribution in [1.82, 2.24) is 14.9 Å². The molecule has 0 unspecified atom stereocenters. The predicted molar refractivity (Wildman–Crippen MR) is 80.8 cm³/mol. The lowest BCUT2D eigenvalue weighted by atomic mass is 10.3. The zero-order valence-electron chi connectivity index (χ0n) is 11.3. The molecule has 0 atom stereocenters. The zero-order chi connectivity index (χ0) is 14.8. The van der Waals surface area contributed by atoms with Crippen LogP contribution in [0.1, 0.15) is 5.82 Å². The van der Waals surface area contributed by atoms with E-state index in [1.54, 1.807) is 6.07 Å². The van der Waals surface area contributed by atoms with Gasteiger partial charge in [-0.05, 0) is 29.6 Å². The van der Waals surface area contributed by atoms with E-state index in [9.17, 15) is 9.18 Å². The van der Waals surface area contributed by atoms with E-state index in [1.165, 1.54) is 23.5 Å². The van der Waals surface area contributed by atoms with Crippen LogP contribution in [0.5, 0.6) is 0 Å². The topological polar surface area (TPSA) is 59.0 Å². The van der Waals surface area contributed by atoms with E-state index in [1.807, 2.05) is 29.1 Å². The number of amides is 2. The molecule has 2 N–H and O–H groups in total. The molecule has 2 aromatic heterocycles. The molecule has 21 heavy (non-hydrogen) atoms. The van der Waals surface area contributed by atoms with Gasteiger partial charge in [0.05, 0.1) is 22.6 Å². The van der Waals surface area contributed by atoms with Crippen LogP contribution in [-0.4, -0.2) is 15.6 Å². The van der Waals surface area contributed by atoms with Gasteiger partial charge in [0.25, 0.3) is 0 Å². The molecule has 3 aromatic rings. The largest absolute Gasteiger partial charge is 0.331 e. The highest BCUT2D eigenvalue weighted by atomic mass is 32.1. The van der Waals surface area contributed by atoms with E-state index in [0.29, 0.717) is 11.3 Å². The number of halogens is 1. The van der Waals surface area contributed by atoms with Gasteiger partial charge in [-0.2, -0.15) is 0 Å².